The molecule has 1 aromatic carbocycles. The summed E-state index contributed by atoms with van der Waals surface area (Å²) in [5, 5.41) is 6.14. The molecular weight excluding hydrogens is 632 g/mol. The average Bonchev–Trinajstić information content (AvgIpc) is 2.96. The Labute approximate surface area is 262 Å². The van der Waals surface area contributed by atoms with E-state index < -0.39 is 40.5 Å². The van der Waals surface area contributed by atoms with Crippen molar-refractivity contribution < 1.29 is 26.7 Å². The molecule has 0 spiro atoms. The number of benzene rings is 1. The Hall–Kier alpha value is -4.21. The van der Waals surface area contributed by atoms with E-state index in [1.807, 2.05) is 17.7 Å². The summed E-state index contributed by atoms with van der Waals surface area (Å²) >= 11 is 6.00. The fraction of sp³-hybridized carbons (Fsp3) is 0.345. The first-order valence-corrected chi connectivity index (χ1v) is 16.1. The zero-order valence-corrected chi connectivity index (χ0v) is 26.3. The maximum Gasteiger partial charge on any atom is 0.296 e. The number of nitrogens with zero attached hydrogens (tertiary/aromatic N) is 4. The van der Waals surface area contributed by atoms with Gasteiger partial charge in [-0.2, -0.15) is 0 Å². The predicted octanol–water partition coefficient (Wildman–Crippen LogP) is 3.59. The van der Waals surface area contributed by atoms with Gasteiger partial charge in [-0.05, 0) is 50.2 Å². The van der Waals surface area contributed by atoms with Crippen LogP contribution in [-0.4, -0.2) is 65.2 Å². The number of anilines is 1. The molecule has 1 aliphatic rings. The molecule has 45 heavy (non-hydrogen) atoms. The number of pyridine rings is 2. The van der Waals surface area contributed by atoms with Crippen LogP contribution >= 0.6 is 11.6 Å². The molecule has 3 aromatic heterocycles. The molecule has 1 amide bonds. The van der Waals surface area contributed by atoms with E-state index in [0.29, 0.717) is 28.6 Å². The Morgan fingerprint density at radius 3 is 2.64 bits per heavy atom. The summed E-state index contributed by atoms with van der Waals surface area (Å²) in [4.78, 5) is 39.3. The van der Waals surface area contributed by atoms with Gasteiger partial charge in [0.15, 0.2) is 11.8 Å². The Bertz CT molecular complexity index is 1960. The van der Waals surface area contributed by atoms with Crippen LogP contribution in [0.3, 0.4) is 0 Å². The molecule has 0 unspecified atom stereocenters. The van der Waals surface area contributed by atoms with Gasteiger partial charge in [0.25, 0.3) is 17.4 Å². The van der Waals surface area contributed by atoms with Gasteiger partial charge in [-0.3, -0.25) is 14.2 Å². The van der Waals surface area contributed by atoms with E-state index >= 15 is 0 Å². The van der Waals surface area contributed by atoms with Gasteiger partial charge < -0.3 is 15.4 Å². The van der Waals surface area contributed by atoms with Crippen LogP contribution in [0.5, 0.6) is 5.88 Å². The van der Waals surface area contributed by atoms with E-state index in [4.69, 9.17) is 21.3 Å². The van der Waals surface area contributed by atoms with Crippen molar-refractivity contribution >= 4 is 44.1 Å². The van der Waals surface area contributed by atoms with Gasteiger partial charge in [0.05, 0.1) is 35.4 Å². The first kappa shape index (κ1) is 32.2. The van der Waals surface area contributed by atoms with Gasteiger partial charge >= 0.3 is 0 Å². The van der Waals surface area contributed by atoms with Crippen molar-refractivity contribution in [1.29, 1.82) is 0 Å². The zero-order chi connectivity index (χ0) is 32.7. The fourth-order valence-corrected chi connectivity index (χ4v) is 5.66. The number of piperidine rings is 1. The molecule has 16 heteroatoms. The highest BCUT2D eigenvalue weighted by Crippen LogP contribution is 2.31. The second kappa shape index (κ2) is 12.3. The topological polar surface area (TPSA) is 157 Å². The summed E-state index contributed by atoms with van der Waals surface area (Å²) in [7, 11) is -2.31. The highest BCUT2D eigenvalue weighted by Gasteiger charge is 2.43. The van der Waals surface area contributed by atoms with E-state index in [-0.39, 0.29) is 40.2 Å². The van der Waals surface area contributed by atoms with Gasteiger partial charge in [-0.1, -0.05) is 17.7 Å². The van der Waals surface area contributed by atoms with Crippen molar-refractivity contribution in [3.63, 3.8) is 0 Å². The first-order chi connectivity index (χ1) is 21.1. The van der Waals surface area contributed by atoms with Crippen LogP contribution in [0.2, 0.25) is 5.15 Å². The van der Waals surface area contributed by atoms with Crippen LogP contribution in [0.25, 0.3) is 22.3 Å². The van der Waals surface area contributed by atoms with Crippen LogP contribution < -0.4 is 25.7 Å². The lowest BCUT2D eigenvalue weighted by atomic mass is 10.0. The van der Waals surface area contributed by atoms with Crippen LogP contribution in [-0.2, 0) is 17.1 Å². The minimum absolute atomic E-state index is 0.0165. The fourth-order valence-electron chi connectivity index (χ4n) is 5.08. The number of sulfonamides is 1. The molecule has 1 aliphatic heterocycles. The van der Waals surface area contributed by atoms with Crippen molar-refractivity contribution in [2.75, 3.05) is 24.7 Å². The third-order valence-electron chi connectivity index (χ3n) is 7.22. The molecule has 1 saturated heterocycles. The van der Waals surface area contributed by atoms with Crippen LogP contribution in [0, 0.1) is 6.92 Å². The normalized spacial score (nSPS) is 17.1. The second-order valence-corrected chi connectivity index (χ2v) is 13.0. The number of halogens is 3. The molecule has 0 saturated carbocycles. The average molecular weight is 662 g/mol. The number of amides is 1. The number of aryl methyl sites for hydroxylation is 1. The number of fused-ring (bicyclic) bond motifs is 1. The quantitative estimate of drug-likeness (QED) is 0.238. The SMILES string of the molecule is Cc1cc([C@@H](C)Nc2ccc(Cl)nc2C(=O)NS(C)(=O)=O)c2nc(-c3ccc(O[C@@H]4CCNCC4(F)F)nc3)n(C)c(=O)c2c1. The van der Waals surface area contributed by atoms with E-state index in [0.717, 1.165) is 11.8 Å². The molecular formula is C29H30ClF2N7O5S. The Morgan fingerprint density at radius 1 is 1.22 bits per heavy atom. The van der Waals surface area contributed by atoms with Gasteiger partial charge in [-0.25, -0.2) is 36.9 Å². The number of hydrogen-bond acceptors (Lipinski definition) is 10. The van der Waals surface area contributed by atoms with Crippen LogP contribution in [0.15, 0.2) is 47.4 Å². The summed E-state index contributed by atoms with van der Waals surface area (Å²) in [5.41, 5.74) is 1.84. The summed E-state index contributed by atoms with van der Waals surface area (Å²) in [6.45, 7) is 3.54. The van der Waals surface area contributed by atoms with Gasteiger partial charge in [0.1, 0.15) is 11.0 Å². The number of ether oxygens (including phenoxy) is 1. The van der Waals surface area contributed by atoms with Crippen molar-refractivity contribution in [3.05, 3.63) is 74.9 Å². The summed E-state index contributed by atoms with van der Waals surface area (Å²) in [5.74, 6) is -3.71. The van der Waals surface area contributed by atoms with Gasteiger partial charge in [0, 0.05) is 36.9 Å². The van der Waals surface area contributed by atoms with Crippen molar-refractivity contribution in [1.82, 2.24) is 29.6 Å². The lowest BCUT2D eigenvalue weighted by Gasteiger charge is -2.31. The third-order valence-corrected chi connectivity index (χ3v) is 7.99. The minimum atomic E-state index is -3.88. The molecule has 238 valence electrons. The Balaban J connectivity index is 1.51. The number of hydrogen-bond donors (Lipinski definition) is 3. The zero-order valence-electron chi connectivity index (χ0n) is 24.7. The van der Waals surface area contributed by atoms with E-state index in [9.17, 15) is 26.8 Å². The molecule has 0 radical (unpaired) electrons. The van der Waals surface area contributed by atoms with Gasteiger partial charge in [-0.15, -0.1) is 0 Å². The highest BCUT2D eigenvalue weighted by molar-refractivity contribution is 7.89. The van der Waals surface area contributed by atoms with Crippen LogP contribution in [0.1, 0.15) is 41.0 Å². The summed E-state index contributed by atoms with van der Waals surface area (Å²) < 4.78 is 60.6. The van der Waals surface area contributed by atoms with E-state index in [1.54, 1.807) is 26.1 Å². The standard InChI is InChI=1S/C29H30ClF2N7O5S/c1-15-11-18(16(2)35-20-6-7-22(30)36-25(20)27(40)38-45(4,42)43)24-19(12-15)28(41)39(3)26(37-24)17-5-8-23(34-13-17)44-21-9-10-33-14-29(21,31)32/h5-8,11-13,16,21,33,35H,9-10,14H2,1-4H3,(H,38,40)/t16-,21-/m1/s1. The lowest BCUT2D eigenvalue weighted by Crippen LogP contribution is -2.52. The lowest BCUT2D eigenvalue weighted by molar-refractivity contribution is -0.110. The van der Waals surface area contributed by atoms with Crippen LogP contribution in [0.4, 0.5) is 14.5 Å². The minimum Gasteiger partial charge on any atom is -0.468 e. The molecule has 0 bridgehead atoms. The Kier molecular flexibility index (Phi) is 8.79. The molecule has 5 rings (SSSR count). The maximum absolute atomic E-state index is 14.2. The molecule has 3 N–H and O–H groups in total. The number of aromatic nitrogens is 4. The van der Waals surface area contributed by atoms with Crippen molar-refractivity contribution in [3.8, 4) is 17.3 Å². The van der Waals surface area contributed by atoms with Gasteiger partial charge in [0.2, 0.25) is 15.9 Å². The monoisotopic (exact) mass is 661 g/mol. The highest BCUT2D eigenvalue weighted by atomic mass is 35.5. The molecule has 2 atom stereocenters. The third kappa shape index (κ3) is 7.05. The van der Waals surface area contributed by atoms with Crippen molar-refractivity contribution in [2.45, 2.75) is 38.3 Å². The molecule has 12 nitrogen and oxygen atoms in total. The largest absolute Gasteiger partial charge is 0.468 e. The van der Waals surface area contributed by atoms with Crippen molar-refractivity contribution in [2.24, 2.45) is 7.05 Å². The number of alkyl halides is 2. The number of nitrogens with one attached hydrogen (secondary N) is 3. The predicted molar refractivity (Wildman–Crippen MR) is 165 cm³/mol. The Morgan fingerprint density at radius 2 is 1.98 bits per heavy atom. The first-order valence-electron chi connectivity index (χ1n) is 13.8. The molecule has 0 aliphatic carbocycles. The molecule has 1 fully saturated rings. The number of rotatable bonds is 8. The number of carbonyl (C=O) groups excluding carboxylic acids is 1. The van der Waals surface area contributed by atoms with E-state index in [2.05, 4.69) is 20.6 Å². The summed E-state index contributed by atoms with van der Waals surface area (Å²) in [6.07, 6.45) is 1.07. The summed E-state index contributed by atoms with van der Waals surface area (Å²) in [6, 6.07) is 8.98. The second-order valence-electron chi connectivity index (χ2n) is 10.9. The smallest absolute Gasteiger partial charge is 0.296 e. The maximum atomic E-state index is 14.2. The number of carbonyl (C=O) groups is 1. The molecule has 4 aromatic rings. The molecule has 4 heterocycles. The van der Waals surface area contributed by atoms with E-state index in [1.165, 1.54) is 29.0 Å².